The fourth-order valence-corrected chi connectivity index (χ4v) is 3.54. The first-order chi connectivity index (χ1) is 10.2. The summed E-state index contributed by atoms with van der Waals surface area (Å²) in [6, 6.07) is 2.17. The van der Waals surface area contributed by atoms with E-state index >= 15 is 0 Å². The number of anilines is 1. The summed E-state index contributed by atoms with van der Waals surface area (Å²) >= 11 is 0. The first-order valence-corrected chi connectivity index (χ1v) is 8.19. The molecule has 2 rings (SSSR count). The second kappa shape index (κ2) is 7.76. The van der Waals surface area contributed by atoms with Crippen molar-refractivity contribution in [2.75, 3.05) is 19.4 Å². The van der Waals surface area contributed by atoms with Crippen molar-refractivity contribution in [1.29, 1.82) is 0 Å². The smallest absolute Gasteiger partial charge is 0.0834 e. The zero-order chi connectivity index (χ0) is 15.1. The van der Waals surface area contributed by atoms with Crippen LogP contribution in [0.5, 0.6) is 0 Å². The molecule has 0 aliphatic heterocycles. The van der Waals surface area contributed by atoms with Gasteiger partial charge in [-0.1, -0.05) is 32.6 Å². The minimum atomic E-state index is -0.0746. The number of nitrogen functional groups attached to an aromatic ring is 1. The predicted octanol–water partition coefficient (Wildman–Crippen LogP) is 2.92. The van der Waals surface area contributed by atoms with Gasteiger partial charge in [-0.15, -0.1) is 0 Å². The van der Waals surface area contributed by atoms with Crippen molar-refractivity contribution in [3.63, 3.8) is 0 Å². The van der Waals surface area contributed by atoms with Gasteiger partial charge in [0.1, 0.15) is 0 Å². The molecule has 21 heavy (non-hydrogen) atoms. The topological polar surface area (TPSA) is 60.2 Å². The molecule has 4 heteroatoms. The number of rotatable bonds is 6. The molecule has 118 valence electrons. The van der Waals surface area contributed by atoms with Crippen LogP contribution in [0.15, 0.2) is 18.5 Å². The molecule has 1 fully saturated rings. The van der Waals surface area contributed by atoms with Gasteiger partial charge in [0, 0.05) is 31.2 Å². The summed E-state index contributed by atoms with van der Waals surface area (Å²) < 4.78 is 6.06. The van der Waals surface area contributed by atoms with Crippen LogP contribution >= 0.6 is 0 Å². The molecule has 0 saturated heterocycles. The van der Waals surface area contributed by atoms with E-state index in [0.717, 1.165) is 37.1 Å². The lowest BCUT2D eigenvalue weighted by atomic mass is 9.82. The third kappa shape index (κ3) is 3.95. The van der Waals surface area contributed by atoms with Crippen LogP contribution in [0.4, 0.5) is 5.69 Å². The van der Waals surface area contributed by atoms with Crippen LogP contribution in [0.2, 0.25) is 0 Å². The predicted molar refractivity (Wildman–Crippen MR) is 87.3 cm³/mol. The Bertz CT molecular complexity index is 428. The lowest BCUT2D eigenvalue weighted by Crippen LogP contribution is -2.53. The molecule has 0 spiro atoms. The monoisotopic (exact) mass is 291 g/mol. The highest BCUT2D eigenvalue weighted by Crippen LogP contribution is 2.34. The Morgan fingerprint density at radius 2 is 2.05 bits per heavy atom. The number of hydrogen-bond donors (Lipinski definition) is 2. The van der Waals surface area contributed by atoms with E-state index in [1.165, 1.54) is 25.7 Å². The van der Waals surface area contributed by atoms with Gasteiger partial charge in [0.2, 0.25) is 0 Å². The molecule has 1 aliphatic carbocycles. The second-order valence-corrected chi connectivity index (χ2v) is 6.07. The third-order valence-electron chi connectivity index (χ3n) is 4.81. The summed E-state index contributed by atoms with van der Waals surface area (Å²) in [7, 11) is 1.86. The highest BCUT2D eigenvalue weighted by atomic mass is 16.5. The van der Waals surface area contributed by atoms with E-state index in [1.54, 1.807) is 6.20 Å². The van der Waals surface area contributed by atoms with Gasteiger partial charge in [-0.3, -0.25) is 4.98 Å². The molecule has 1 heterocycles. The minimum Gasteiger partial charge on any atom is -0.398 e. The maximum absolute atomic E-state index is 6.10. The Morgan fingerprint density at radius 3 is 2.62 bits per heavy atom. The van der Waals surface area contributed by atoms with Crippen molar-refractivity contribution in [2.45, 2.75) is 63.5 Å². The van der Waals surface area contributed by atoms with E-state index < -0.39 is 0 Å². The van der Waals surface area contributed by atoms with E-state index in [-0.39, 0.29) is 11.6 Å². The lowest BCUT2D eigenvalue weighted by Gasteiger charge is -2.40. The molecular formula is C17H29N3O. The SMILES string of the molecule is CCNC(Cc1cnccc1N)C1(OC)CCCCCC1. The maximum atomic E-state index is 6.10. The summed E-state index contributed by atoms with van der Waals surface area (Å²) in [5.74, 6) is 0. The number of nitrogens with one attached hydrogen (secondary N) is 1. The molecule has 1 aliphatic rings. The molecule has 1 atom stereocenters. The van der Waals surface area contributed by atoms with Gasteiger partial charge in [0.05, 0.1) is 5.60 Å². The largest absolute Gasteiger partial charge is 0.398 e. The van der Waals surface area contributed by atoms with E-state index in [4.69, 9.17) is 10.5 Å². The van der Waals surface area contributed by atoms with E-state index in [1.807, 2.05) is 19.4 Å². The van der Waals surface area contributed by atoms with Gasteiger partial charge in [0.15, 0.2) is 0 Å². The minimum absolute atomic E-state index is 0.0746. The fraction of sp³-hybridized carbons (Fsp3) is 0.706. The standard InChI is InChI=1S/C17H29N3O/c1-3-20-16(12-14-13-19-11-8-15(14)18)17(21-2)9-6-4-5-7-10-17/h8,11,13,16,20H,3-7,9-10,12H2,1-2H3,(H2,18,19). The number of pyridine rings is 1. The van der Waals surface area contributed by atoms with Crippen LogP contribution in [0, 0.1) is 0 Å². The number of aromatic nitrogens is 1. The van der Waals surface area contributed by atoms with Gasteiger partial charge >= 0.3 is 0 Å². The van der Waals surface area contributed by atoms with E-state index in [2.05, 4.69) is 17.2 Å². The average molecular weight is 291 g/mol. The van der Waals surface area contributed by atoms with Crippen molar-refractivity contribution < 1.29 is 4.74 Å². The zero-order valence-electron chi connectivity index (χ0n) is 13.4. The number of hydrogen-bond acceptors (Lipinski definition) is 4. The summed E-state index contributed by atoms with van der Waals surface area (Å²) in [4.78, 5) is 4.22. The normalized spacial score (nSPS) is 19.9. The fourth-order valence-electron chi connectivity index (χ4n) is 3.54. The molecule has 1 aromatic heterocycles. The van der Waals surface area contributed by atoms with E-state index in [0.29, 0.717) is 0 Å². The van der Waals surface area contributed by atoms with Crippen LogP contribution in [-0.4, -0.2) is 30.3 Å². The maximum Gasteiger partial charge on any atom is 0.0834 e. The van der Waals surface area contributed by atoms with Crippen LogP contribution in [-0.2, 0) is 11.2 Å². The molecule has 3 N–H and O–H groups in total. The number of nitrogens with two attached hydrogens (primary N) is 1. The Balaban J connectivity index is 2.21. The number of methoxy groups -OCH3 is 1. The molecule has 1 unspecified atom stereocenters. The van der Waals surface area contributed by atoms with Crippen molar-refractivity contribution in [3.05, 3.63) is 24.0 Å². The average Bonchev–Trinajstić information content (AvgIpc) is 2.75. The molecule has 4 nitrogen and oxygen atoms in total. The second-order valence-electron chi connectivity index (χ2n) is 6.07. The van der Waals surface area contributed by atoms with Crippen molar-refractivity contribution in [3.8, 4) is 0 Å². The zero-order valence-corrected chi connectivity index (χ0v) is 13.4. The quantitative estimate of drug-likeness (QED) is 0.791. The van der Waals surface area contributed by atoms with Gasteiger partial charge in [-0.2, -0.15) is 0 Å². The summed E-state index contributed by atoms with van der Waals surface area (Å²) in [6.07, 6.45) is 11.9. The van der Waals surface area contributed by atoms with Gasteiger partial charge in [-0.05, 0) is 37.4 Å². The molecule has 1 aromatic rings. The summed E-state index contributed by atoms with van der Waals surface area (Å²) in [5, 5.41) is 3.64. The summed E-state index contributed by atoms with van der Waals surface area (Å²) in [5.41, 5.74) is 7.97. The van der Waals surface area contributed by atoms with Gasteiger partial charge in [-0.25, -0.2) is 0 Å². The van der Waals surface area contributed by atoms with Crippen molar-refractivity contribution in [1.82, 2.24) is 10.3 Å². The van der Waals surface area contributed by atoms with Gasteiger partial charge < -0.3 is 15.8 Å². The third-order valence-corrected chi connectivity index (χ3v) is 4.81. The van der Waals surface area contributed by atoms with Gasteiger partial charge in [0.25, 0.3) is 0 Å². The molecule has 0 radical (unpaired) electrons. The molecule has 0 amide bonds. The molecule has 0 aromatic carbocycles. The Hall–Kier alpha value is -1.13. The van der Waals surface area contributed by atoms with Crippen LogP contribution < -0.4 is 11.1 Å². The Morgan fingerprint density at radius 1 is 1.33 bits per heavy atom. The Labute approximate surface area is 128 Å². The summed E-state index contributed by atoms with van der Waals surface area (Å²) in [6.45, 7) is 3.09. The molecular weight excluding hydrogens is 262 g/mol. The molecule has 0 bridgehead atoms. The van der Waals surface area contributed by atoms with Crippen molar-refractivity contribution in [2.24, 2.45) is 0 Å². The Kier molecular flexibility index (Phi) is 6.00. The van der Waals surface area contributed by atoms with Crippen LogP contribution in [0.1, 0.15) is 51.0 Å². The molecule has 1 saturated carbocycles. The highest BCUT2D eigenvalue weighted by molar-refractivity contribution is 5.44. The highest BCUT2D eigenvalue weighted by Gasteiger charge is 2.38. The lowest BCUT2D eigenvalue weighted by molar-refractivity contribution is -0.0522. The number of likely N-dealkylation sites (N-methyl/N-ethyl adjacent to an activating group) is 1. The number of nitrogens with zero attached hydrogens (tertiary/aromatic N) is 1. The first kappa shape index (κ1) is 16.2. The number of ether oxygens (including phenoxy) is 1. The van der Waals surface area contributed by atoms with Crippen molar-refractivity contribution >= 4 is 5.69 Å². The van der Waals surface area contributed by atoms with Crippen LogP contribution in [0.25, 0.3) is 0 Å². The van der Waals surface area contributed by atoms with E-state index in [9.17, 15) is 0 Å². The van der Waals surface area contributed by atoms with Crippen LogP contribution in [0.3, 0.4) is 0 Å². The first-order valence-electron chi connectivity index (χ1n) is 8.19.